The van der Waals surface area contributed by atoms with Crippen LogP contribution in [-0.2, 0) is 0 Å². The van der Waals surface area contributed by atoms with Gasteiger partial charge in [-0.25, -0.2) is 4.79 Å². The van der Waals surface area contributed by atoms with Crippen LogP contribution in [0.25, 0.3) is 0 Å². The van der Waals surface area contributed by atoms with Gasteiger partial charge in [-0.05, 0) is 36.8 Å². The Bertz CT molecular complexity index is 491. The van der Waals surface area contributed by atoms with E-state index in [1.165, 1.54) is 0 Å². The summed E-state index contributed by atoms with van der Waals surface area (Å²) in [6.45, 7) is 9.21. The lowest BCUT2D eigenvalue weighted by atomic mass is 10.1. The highest BCUT2D eigenvalue weighted by molar-refractivity contribution is 7.80. The van der Waals surface area contributed by atoms with E-state index in [-0.39, 0.29) is 12.1 Å². The van der Waals surface area contributed by atoms with Crippen molar-refractivity contribution in [2.75, 3.05) is 5.32 Å². The average molecular weight is 274 g/mol. The van der Waals surface area contributed by atoms with Crippen LogP contribution in [0, 0.1) is 0 Å². The Morgan fingerprint density at radius 3 is 2.47 bits per heavy atom. The molecule has 0 fully saturated rings. The number of amides is 2. The van der Waals surface area contributed by atoms with Crippen molar-refractivity contribution in [2.45, 2.75) is 17.9 Å². The second kappa shape index (κ2) is 7.48. The van der Waals surface area contributed by atoms with Crippen LogP contribution in [0.15, 0.2) is 66.1 Å². The molecule has 1 rings (SSSR count). The third-order valence-corrected chi connectivity index (χ3v) is 2.82. The summed E-state index contributed by atoms with van der Waals surface area (Å²) in [5.41, 5.74) is 1.62. The molecule has 0 aromatic heterocycles. The number of carbonyl (C=O) groups excluding carboxylic acids is 1. The van der Waals surface area contributed by atoms with Gasteiger partial charge >= 0.3 is 6.03 Å². The van der Waals surface area contributed by atoms with Crippen molar-refractivity contribution in [1.29, 1.82) is 0 Å². The summed E-state index contributed by atoms with van der Waals surface area (Å²) in [5, 5.41) is 5.57. The average Bonchev–Trinajstić information content (AvgIpc) is 2.38. The van der Waals surface area contributed by atoms with Gasteiger partial charge in [-0.15, -0.1) is 12.6 Å². The number of urea groups is 1. The number of rotatable bonds is 5. The van der Waals surface area contributed by atoms with E-state index in [2.05, 4.69) is 36.4 Å². The van der Waals surface area contributed by atoms with Crippen molar-refractivity contribution in [3.63, 3.8) is 0 Å². The van der Waals surface area contributed by atoms with Crippen molar-refractivity contribution in [3.8, 4) is 0 Å². The predicted molar refractivity (Wildman–Crippen MR) is 83.8 cm³/mol. The van der Waals surface area contributed by atoms with E-state index in [4.69, 9.17) is 0 Å². The minimum absolute atomic E-state index is 0.139. The molecule has 1 atom stereocenters. The maximum absolute atomic E-state index is 11.8. The number of thiol groups is 1. The number of carbonyl (C=O) groups is 1. The molecule has 1 aromatic rings. The zero-order valence-electron chi connectivity index (χ0n) is 10.9. The molecule has 19 heavy (non-hydrogen) atoms. The Morgan fingerprint density at radius 1 is 1.32 bits per heavy atom. The van der Waals surface area contributed by atoms with Crippen LogP contribution in [-0.4, -0.2) is 12.1 Å². The molecule has 2 amide bonds. The Balaban J connectivity index is 2.60. The fourth-order valence-electron chi connectivity index (χ4n) is 1.52. The Morgan fingerprint density at radius 2 is 1.95 bits per heavy atom. The topological polar surface area (TPSA) is 41.1 Å². The molecule has 0 aliphatic carbocycles. The Hall–Kier alpha value is -1.94. The Labute approximate surface area is 119 Å². The number of allylic oxidation sites excluding steroid dienone is 2. The molecule has 3 nitrogen and oxygen atoms in total. The van der Waals surface area contributed by atoms with Crippen LogP contribution < -0.4 is 10.6 Å². The SMILES string of the molecule is C=C/C=C(\C=C)[C@H](C)NC(=O)Nc1ccc(S)cc1. The molecule has 0 radical (unpaired) electrons. The zero-order valence-corrected chi connectivity index (χ0v) is 11.8. The smallest absolute Gasteiger partial charge is 0.319 e. The summed E-state index contributed by atoms with van der Waals surface area (Å²) in [6, 6.07) is 6.81. The lowest BCUT2D eigenvalue weighted by Gasteiger charge is -2.15. The first-order chi connectivity index (χ1) is 9.06. The van der Waals surface area contributed by atoms with Gasteiger partial charge in [0.1, 0.15) is 0 Å². The molecule has 0 saturated heterocycles. The normalized spacial score (nSPS) is 12.4. The molecular formula is C15H18N2OS. The van der Waals surface area contributed by atoms with Gasteiger partial charge in [0.25, 0.3) is 0 Å². The van der Waals surface area contributed by atoms with Crippen LogP contribution in [0.3, 0.4) is 0 Å². The molecule has 4 heteroatoms. The summed E-state index contributed by atoms with van der Waals surface area (Å²) in [4.78, 5) is 12.7. The van der Waals surface area contributed by atoms with Crippen molar-refractivity contribution in [1.82, 2.24) is 5.32 Å². The number of nitrogens with one attached hydrogen (secondary N) is 2. The standard InChI is InChI=1S/C15H18N2OS/c1-4-6-12(5-2)11(3)16-15(18)17-13-7-9-14(19)10-8-13/h4-11,19H,1-2H2,3H3,(H2,16,17,18)/b12-6+/t11-/m0/s1. The van der Waals surface area contributed by atoms with Crippen LogP contribution in [0.4, 0.5) is 10.5 Å². The van der Waals surface area contributed by atoms with Crippen molar-refractivity contribution >= 4 is 24.3 Å². The van der Waals surface area contributed by atoms with E-state index in [9.17, 15) is 4.79 Å². The fourth-order valence-corrected chi connectivity index (χ4v) is 1.67. The van der Waals surface area contributed by atoms with Crippen molar-refractivity contribution in [2.24, 2.45) is 0 Å². The molecule has 0 unspecified atom stereocenters. The van der Waals surface area contributed by atoms with Crippen LogP contribution in [0.5, 0.6) is 0 Å². The monoisotopic (exact) mass is 274 g/mol. The minimum atomic E-state index is -0.267. The molecular weight excluding hydrogens is 256 g/mol. The largest absolute Gasteiger partial charge is 0.331 e. The first-order valence-electron chi connectivity index (χ1n) is 5.88. The maximum atomic E-state index is 11.8. The Kier molecular flexibility index (Phi) is 5.96. The highest BCUT2D eigenvalue weighted by atomic mass is 32.1. The molecule has 0 bridgehead atoms. The van der Waals surface area contributed by atoms with E-state index in [1.807, 2.05) is 25.1 Å². The maximum Gasteiger partial charge on any atom is 0.319 e. The summed E-state index contributed by atoms with van der Waals surface area (Å²) >= 11 is 4.18. The number of hydrogen-bond acceptors (Lipinski definition) is 2. The number of anilines is 1. The van der Waals surface area contributed by atoms with E-state index < -0.39 is 0 Å². The van der Waals surface area contributed by atoms with Gasteiger partial charge in [-0.1, -0.05) is 31.4 Å². The summed E-state index contributed by atoms with van der Waals surface area (Å²) in [7, 11) is 0. The van der Waals surface area contributed by atoms with Gasteiger partial charge in [0.15, 0.2) is 0 Å². The summed E-state index contributed by atoms with van der Waals surface area (Å²) in [6.07, 6.45) is 5.18. The van der Waals surface area contributed by atoms with Gasteiger partial charge in [0.05, 0.1) is 6.04 Å². The van der Waals surface area contributed by atoms with Crippen LogP contribution in [0.2, 0.25) is 0 Å². The molecule has 0 aliphatic rings. The molecule has 100 valence electrons. The second-order valence-electron chi connectivity index (χ2n) is 3.97. The zero-order chi connectivity index (χ0) is 14.3. The van der Waals surface area contributed by atoms with Crippen molar-refractivity contribution < 1.29 is 4.79 Å². The summed E-state index contributed by atoms with van der Waals surface area (Å²) in [5.74, 6) is 0. The van der Waals surface area contributed by atoms with Crippen LogP contribution >= 0.6 is 12.6 Å². The van der Waals surface area contributed by atoms with E-state index >= 15 is 0 Å². The van der Waals surface area contributed by atoms with Gasteiger partial charge in [0, 0.05) is 10.6 Å². The third kappa shape index (κ3) is 5.06. The second-order valence-corrected chi connectivity index (χ2v) is 4.49. The molecule has 0 saturated carbocycles. The van der Waals surface area contributed by atoms with Gasteiger partial charge in [-0.2, -0.15) is 0 Å². The highest BCUT2D eigenvalue weighted by Crippen LogP contribution is 2.12. The van der Waals surface area contributed by atoms with E-state index in [0.29, 0.717) is 0 Å². The molecule has 0 aliphatic heterocycles. The minimum Gasteiger partial charge on any atom is -0.331 e. The van der Waals surface area contributed by atoms with E-state index in [1.54, 1.807) is 24.3 Å². The first kappa shape index (κ1) is 15.1. The van der Waals surface area contributed by atoms with Crippen molar-refractivity contribution in [3.05, 3.63) is 61.2 Å². The van der Waals surface area contributed by atoms with Gasteiger partial charge < -0.3 is 10.6 Å². The third-order valence-electron chi connectivity index (χ3n) is 2.52. The molecule has 2 N–H and O–H groups in total. The predicted octanol–water partition coefficient (Wildman–Crippen LogP) is 3.78. The number of hydrogen-bond donors (Lipinski definition) is 3. The quantitative estimate of drug-likeness (QED) is 0.555. The molecule has 0 heterocycles. The fraction of sp³-hybridized carbons (Fsp3) is 0.133. The highest BCUT2D eigenvalue weighted by Gasteiger charge is 2.09. The lowest BCUT2D eigenvalue weighted by Crippen LogP contribution is -2.36. The van der Waals surface area contributed by atoms with Gasteiger partial charge in [-0.3, -0.25) is 0 Å². The lowest BCUT2D eigenvalue weighted by molar-refractivity contribution is 0.250. The first-order valence-corrected chi connectivity index (χ1v) is 6.33. The number of benzene rings is 1. The van der Waals surface area contributed by atoms with Crippen LogP contribution in [0.1, 0.15) is 6.92 Å². The van der Waals surface area contributed by atoms with Gasteiger partial charge in [0.2, 0.25) is 0 Å². The molecule has 1 aromatic carbocycles. The van der Waals surface area contributed by atoms with E-state index in [0.717, 1.165) is 16.2 Å². The summed E-state index contributed by atoms with van der Waals surface area (Å²) < 4.78 is 0. The molecule has 0 spiro atoms.